The van der Waals surface area contributed by atoms with E-state index in [0.29, 0.717) is 17.9 Å². The number of Topliss-reactive ketones (excluding diaryl/α,β-unsaturated/α-hetero) is 1. The summed E-state index contributed by atoms with van der Waals surface area (Å²) in [5, 5.41) is 11.2. The molecule has 10 nitrogen and oxygen atoms in total. The number of benzene rings is 1. The number of nitro benzene ring substituents is 1. The summed E-state index contributed by atoms with van der Waals surface area (Å²) in [6.07, 6.45) is 0. The number of non-ortho nitro benzene ring substituents is 1. The van der Waals surface area contributed by atoms with Gasteiger partial charge in [-0.1, -0.05) is 0 Å². The number of methoxy groups -OCH3 is 1. The Morgan fingerprint density at radius 3 is 2.19 bits per heavy atom. The van der Waals surface area contributed by atoms with Gasteiger partial charge in [-0.05, 0) is 39.8 Å². The highest BCUT2D eigenvalue weighted by molar-refractivity contribution is 6.01. The smallest absolute Gasteiger partial charge is 0.338 e. The Morgan fingerprint density at radius 1 is 1.06 bits per heavy atom. The van der Waals surface area contributed by atoms with E-state index in [9.17, 15) is 24.5 Å². The molecular weight excluding hydrogens is 420 g/mol. The number of carbonyl (C=O) groups is 3. The highest BCUT2D eigenvalue weighted by atomic mass is 16.6. The number of nitro groups is 1. The van der Waals surface area contributed by atoms with Gasteiger partial charge in [0.15, 0.2) is 6.61 Å². The quantitative estimate of drug-likeness (QED) is 0.235. The third kappa shape index (κ3) is 5.58. The number of ether oxygens (including phenoxy) is 3. The molecule has 1 atom stereocenters. The number of nitrogens with zero attached hydrogens (tertiary/aromatic N) is 2. The van der Waals surface area contributed by atoms with Crippen LogP contribution in [0.25, 0.3) is 0 Å². The van der Waals surface area contributed by atoms with Gasteiger partial charge in [-0.3, -0.25) is 14.9 Å². The van der Waals surface area contributed by atoms with Crippen LogP contribution in [0, 0.1) is 24.0 Å². The third-order valence-electron chi connectivity index (χ3n) is 4.84. The first-order chi connectivity index (χ1) is 15.1. The van der Waals surface area contributed by atoms with Crippen LogP contribution < -0.4 is 0 Å². The van der Waals surface area contributed by atoms with Gasteiger partial charge in [-0.2, -0.15) is 0 Å². The molecule has 0 aliphatic heterocycles. The van der Waals surface area contributed by atoms with Crippen LogP contribution in [0.1, 0.15) is 62.4 Å². The lowest BCUT2D eigenvalue weighted by molar-refractivity contribution is -0.384. The molecule has 1 heterocycles. The Morgan fingerprint density at radius 2 is 1.66 bits per heavy atom. The van der Waals surface area contributed by atoms with E-state index in [1.807, 2.05) is 18.4 Å². The van der Waals surface area contributed by atoms with Crippen molar-refractivity contribution in [2.45, 2.75) is 33.7 Å². The summed E-state index contributed by atoms with van der Waals surface area (Å²) in [5.74, 6) is -2.19. The summed E-state index contributed by atoms with van der Waals surface area (Å²) >= 11 is 0. The molecule has 0 saturated carbocycles. The van der Waals surface area contributed by atoms with Gasteiger partial charge in [0.1, 0.15) is 0 Å². The molecule has 0 aliphatic rings. The maximum Gasteiger partial charge on any atom is 0.338 e. The summed E-state index contributed by atoms with van der Waals surface area (Å²) in [5.41, 5.74) is 1.13. The molecule has 2 aromatic rings. The first-order valence-corrected chi connectivity index (χ1v) is 9.94. The second-order valence-electron chi connectivity index (χ2n) is 7.20. The minimum absolute atomic E-state index is 0.00951. The fourth-order valence-corrected chi connectivity index (χ4v) is 3.51. The third-order valence-corrected chi connectivity index (χ3v) is 4.84. The van der Waals surface area contributed by atoms with Crippen LogP contribution in [0.5, 0.6) is 0 Å². The number of aromatic nitrogens is 1. The molecule has 2 rings (SSSR count). The van der Waals surface area contributed by atoms with E-state index in [1.165, 1.54) is 0 Å². The second kappa shape index (κ2) is 10.7. The summed E-state index contributed by atoms with van der Waals surface area (Å²) < 4.78 is 17.1. The number of rotatable bonds is 10. The fourth-order valence-electron chi connectivity index (χ4n) is 3.51. The molecule has 0 amide bonds. The van der Waals surface area contributed by atoms with Crippen molar-refractivity contribution in [1.29, 1.82) is 0 Å². The zero-order valence-corrected chi connectivity index (χ0v) is 18.7. The second-order valence-corrected chi connectivity index (χ2v) is 7.20. The van der Waals surface area contributed by atoms with Crippen molar-refractivity contribution in [1.82, 2.24) is 4.57 Å². The Labute approximate surface area is 185 Å². The average molecular weight is 446 g/mol. The molecule has 0 radical (unpaired) electrons. The van der Waals surface area contributed by atoms with Gasteiger partial charge >= 0.3 is 11.9 Å². The fraction of sp³-hybridized carbons (Fsp3) is 0.409. The van der Waals surface area contributed by atoms with Crippen LogP contribution in [0.2, 0.25) is 0 Å². The number of esters is 2. The number of hydrogen-bond acceptors (Lipinski definition) is 8. The largest absolute Gasteiger partial charge is 0.462 e. The molecule has 172 valence electrons. The van der Waals surface area contributed by atoms with Crippen molar-refractivity contribution in [2.75, 3.05) is 26.9 Å². The van der Waals surface area contributed by atoms with Gasteiger partial charge in [0.25, 0.3) is 5.69 Å². The molecule has 0 aliphatic carbocycles. The van der Waals surface area contributed by atoms with E-state index in [0.717, 1.165) is 23.9 Å². The van der Waals surface area contributed by atoms with E-state index in [2.05, 4.69) is 0 Å². The average Bonchev–Trinajstić information content (AvgIpc) is 3.05. The normalized spacial score (nSPS) is 11.7. The van der Waals surface area contributed by atoms with Gasteiger partial charge < -0.3 is 18.8 Å². The first-order valence-electron chi connectivity index (χ1n) is 9.94. The van der Waals surface area contributed by atoms with E-state index in [-0.39, 0.29) is 23.8 Å². The van der Waals surface area contributed by atoms with E-state index in [4.69, 9.17) is 14.2 Å². The molecule has 0 spiro atoms. The zero-order valence-electron chi connectivity index (χ0n) is 18.7. The van der Waals surface area contributed by atoms with Crippen LogP contribution in [-0.4, -0.2) is 54.1 Å². The lowest BCUT2D eigenvalue weighted by atomic mass is 10.1. The molecule has 1 aromatic heterocycles. The molecule has 0 unspecified atom stereocenters. The van der Waals surface area contributed by atoms with E-state index < -0.39 is 34.9 Å². The van der Waals surface area contributed by atoms with Crippen molar-refractivity contribution in [3.63, 3.8) is 0 Å². The summed E-state index contributed by atoms with van der Waals surface area (Å²) in [4.78, 5) is 47.5. The molecule has 0 fully saturated rings. The number of ketones is 1. The van der Waals surface area contributed by atoms with Gasteiger partial charge in [0.05, 0.1) is 35.3 Å². The monoisotopic (exact) mass is 446 g/mol. The van der Waals surface area contributed by atoms with Crippen LogP contribution >= 0.6 is 0 Å². The summed E-state index contributed by atoms with van der Waals surface area (Å²) in [6, 6.07) is 4.85. The predicted octanol–water partition coefficient (Wildman–Crippen LogP) is 3.44. The van der Waals surface area contributed by atoms with Crippen molar-refractivity contribution < 1.29 is 33.5 Å². The van der Waals surface area contributed by atoms with Gasteiger partial charge in [0, 0.05) is 36.2 Å². The Bertz CT molecular complexity index is 1040. The lowest BCUT2D eigenvalue weighted by Gasteiger charge is -2.17. The van der Waals surface area contributed by atoms with Gasteiger partial charge in [-0.15, -0.1) is 0 Å². The molecular formula is C22H26N2O8. The molecule has 0 N–H and O–H groups in total. The maximum atomic E-state index is 12.7. The maximum absolute atomic E-state index is 12.7. The molecule has 10 heteroatoms. The lowest BCUT2D eigenvalue weighted by Crippen LogP contribution is -2.17. The van der Waals surface area contributed by atoms with Crippen LogP contribution in [-0.2, 0) is 14.2 Å². The van der Waals surface area contributed by atoms with Crippen molar-refractivity contribution in [3.8, 4) is 0 Å². The Balaban J connectivity index is 2.20. The van der Waals surface area contributed by atoms with Crippen molar-refractivity contribution in [2.24, 2.45) is 0 Å². The minimum Gasteiger partial charge on any atom is -0.462 e. The van der Waals surface area contributed by atoms with E-state index in [1.54, 1.807) is 27.0 Å². The van der Waals surface area contributed by atoms with Crippen LogP contribution in [0.3, 0.4) is 0 Å². The first kappa shape index (κ1) is 24.7. The highest BCUT2D eigenvalue weighted by Crippen LogP contribution is 2.22. The topological polar surface area (TPSA) is 127 Å². The SMILES string of the molecule is CCOC(=O)c1cc(C(=O)OCC(=O)c2cc(C)n([C@@H](C)COC)c2C)cc([N+](=O)[O-])c1. The van der Waals surface area contributed by atoms with Gasteiger partial charge in [0.2, 0.25) is 5.78 Å². The molecule has 1 aromatic carbocycles. The van der Waals surface area contributed by atoms with Gasteiger partial charge in [-0.25, -0.2) is 9.59 Å². The number of aryl methyl sites for hydroxylation is 1. The predicted molar refractivity (Wildman–Crippen MR) is 114 cm³/mol. The van der Waals surface area contributed by atoms with Crippen LogP contribution in [0.4, 0.5) is 5.69 Å². The van der Waals surface area contributed by atoms with Crippen molar-refractivity contribution in [3.05, 3.63) is 62.5 Å². The highest BCUT2D eigenvalue weighted by Gasteiger charge is 2.22. The molecule has 0 bridgehead atoms. The molecule has 0 saturated heterocycles. The summed E-state index contributed by atoms with van der Waals surface area (Å²) in [7, 11) is 1.59. The Hall–Kier alpha value is -3.53. The molecule has 32 heavy (non-hydrogen) atoms. The standard InChI is InChI=1S/C22H26N2O8/c1-6-31-21(26)16-8-17(10-18(9-16)24(28)29)22(27)32-12-20(25)19-7-13(2)23(15(19)4)14(3)11-30-5/h7-10,14H,6,11-12H2,1-5H3/t14-/m0/s1. The summed E-state index contributed by atoms with van der Waals surface area (Å²) in [6.45, 7) is 7.18. The van der Waals surface area contributed by atoms with Crippen molar-refractivity contribution >= 4 is 23.4 Å². The van der Waals surface area contributed by atoms with E-state index >= 15 is 0 Å². The number of hydrogen-bond donors (Lipinski definition) is 0. The minimum atomic E-state index is -0.964. The Kier molecular flexibility index (Phi) is 8.25. The van der Waals surface area contributed by atoms with Crippen LogP contribution in [0.15, 0.2) is 24.3 Å². The number of carbonyl (C=O) groups excluding carboxylic acids is 3. The zero-order chi connectivity index (χ0) is 24.0.